The first-order valence-corrected chi connectivity index (χ1v) is 6.98. The average Bonchev–Trinajstić information content (AvgIpc) is 2.87. The van der Waals surface area contributed by atoms with Gasteiger partial charge in [-0.05, 0) is 12.1 Å². The fraction of sp³-hybridized carbons (Fsp3) is 0.250. The first-order chi connectivity index (χ1) is 11.2. The molecule has 0 bridgehead atoms. The van der Waals surface area contributed by atoms with Gasteiger partial charge in [-0.3, -0.25) is 0 Å². The molecule has 7 nitrogen and oxygen atoms in total. The molecule has 0 aliphatic carbocycles. The van der Waals surface area contributed by atoms with E-state index >= 15 is 0 Å². The van der Waals surface area contributed by atoms with Crippen LogP contribution >= 0.6 is 0 Å². The van der Waals surface area contributed by atoms with Gasteiger partial charge in [-0.15, -0.1) is 0 Å². The molecule has 2 N–H and O–H groups in total. The lowest BCUT2D eigenvalue weighted by atomic mass is 10.2. The fourth-order valence-electron chi connectivity index (χ4n) is 2.32. The highest BCUT2D eigenvalue weighted by atomic mass is 16.6. The number of carbonyl (C=O) groups is 1. The van der Waals surface area contributed by atoms with Gasteiger partial charge in [0.15, 0.2) is 5.69 Å². The number of aromatic nitrogens is 1. The minimum Gasteiger partial charge on any atom is -0.483 e. The second-order valence-corrected chi connectivity index (χ2v) is 5.02. The third kappa shape index (κ3) is 2.60. The summed E-state index contributed by atoms with van der Waals surface area (Å²) in [5.74, 6) is -0.0452. The minimum atomic E-state index is -0.620. The van der Waals surface area contributed by atoms with Gasteiger partial charge in [-0.2, -0.15) is 5.26 Å². The van der Waals surface area contributed by atoms with Gasteiger partial charge in [-0.25, -0.2) is 4.79 Å². The van der Waals surface area contributed by atoms with Gasteiger partial charge < -0.3 is 24.5 Å². The van der Waals surface area contributed by atoms with E-state index in [4.69, 9.17) is 19.9 Å². The molecule has 2 heterocycles. The molecule has 0 radical (unpaired) electrons. The molecule has 1 saturated heterocycles. The van der Waals surface area contributed by atoms with Crippen LogP contribution < -0.4 is 10.5 Å². The van der Waals surface area contributed by atoms with Crippen molar-refractivity contribution in [2.75, 3.05) is 26.1 Å². The number of para-hydroxylation sites is 2. The van der Waals surface area contributed by atoms with Crippen molar-refractivity contribution in [1.82, 2.24) is 4.57 Å². The summed E-state index contributed by atoms with van der Waals surface area (Å²) in [4.78, 5) is 12.1. The lowest BCUT2D eigenvalue weighted by Crippen LogP contribution is -2.38. The molecule has 2 aromatic rings. The summed E-state index contributed by atoms with van der Waals surface area (Å²) < 4.78 is 17.3. The van der Waals surface area contributed by atoms with Gasteiger partial charge in [-0.1, -0.05) is 12.1 Å². The van der Waals surface area contributed by atoms with Gasteiger partial charge in [0, 0.05) is 6.20 Å². The van der Waals surface area contributed by atoms with Crippen molar-refractivity contribution in [2.45, 2.75) is 6.10 Å². The number of nitriles is 1. The molecule has 0 unspecified atom stereocenters. The van der Waals surface area contributed by atoms with Gasteiger partial charge in [0.05, 0.1) is 37.3 Å². The zero-order valence-electron chi connectivity index (χ0n) is 12.5. The Labute approximate surface area is 132 Å². The van der Waals surface area contributed by atoms with Crippen LogP contribution in [-0.4, -0.2) is 37.0 Å². The summed E-state index contributed by atoms with van der Waals surface area (Å²) in [5.41, 5.74) is 6.90. The smallest absolute Gasteiger partial charge is 0.357 e. The first kappa shape index (κ1) is 14.9. The summed E-state index contributed by atoms with van der Waals surface area (Å²) in [6.07, 6.45) is 1.47. The lowest BCUT2D eigenvalue weighted by molar-refractivity contribution is -0.0796. The van der Waals surface area contributed by atoms with E-state index in [1.807, 2.05) is 18.2 Å². The highest BCUT2D eigenvalue weighted by Gasteiger charge is 2.25. The van der Waals surface area contributed by atoms with Crippen LogP contribution in [0.15, 0.2) is 30.5 Å². The van der Waals surface area contributed by atoms with Crippen molar-refractivity contribution in [2.24, 2.45) is 0 Å². The maximum atomic E-state index is 12.1. The Morgan fingerprint density at radius 1 is 1.43 bits per heavy atom. The number of benzene rings is 1. The van der Waals surface area contributed by atoms with E-state index in [2.05, 4.69) is 0 Å². The van der Waals surface area contributed by atoms with E-state index in [-0.39, 0.29) is 23.0 Å². The maximum Gasteiger partial charge on any atom is 0.357 e. The fourth-order valence-corrected chi connectivity index (χ4v) is 2.32. The molecular weight excluding hydrogens is 298 g/mol. The predicted octanol–water partition coefficient (Wildman–Crippen LogP) is 1.50. The van der Waals surface area contributed by atoms with Gasteiger partial charge in [0.25, 0.3) is 0 Å². The summed E-state index contributed by atoms with van der Waals surface area (Å²) in [7, 11) is 1.26. The number of ether oxygens (including phenoxy) is 3. The zero-order valence-corrected chi connectivity index (χ0v) is 12.5. The minimum absolute atomic E-state index is 0.0268. The second kappa shape index (κ2) is 6.02. The summed E-state index contributed by atoms with van der Waals surface area (Å²) in [6.45, 7) is 1.05. The zero-order chi connectivity index (χ0) is 16.4. The number of hydrogen-bond acceptors (Lipinski definition) is 6. The monoisotopic (exact) mass is 313 g/mol. The molecule has 0 saturated carbocycles. The molecule has 0 amide bonds. The predicted molar refractivity (Wildman–Crippen MR) is 81.5 cm³/mol. The van der Waals surface area contributed by atoms with E-state index in [1.165, 1.54) is 17.9 Å². The Morgan fingerprint density at radius 3 is 2.78 bits per heavy atom. The highest BCUT2D eigenvalue weighted by molar-refractivity contribution is 5.96. The molecule has 0 atom stereocenters. The Balaban J connectivity index is 2.11. The number of nitrogens with two attached hydrogens (primary N) is 1. The van der Waals surface area contributed by atoms with E-state index in [9.17, 15) is 10.1 Å². The van der Waals surface area contributed by atoms with E-state index in [0.717, 1.165) is 0 Å². The van der Waals surface area contributed by atoms with Crippen molar-refractivity contribution in [3.8, 4) is 17.5 Å². The maximum absolute atomic E-state index is 12.1. The summed E-state index contributed by atoms with van der Waals surface area (Å²) in [6, 6.07) is 9.18. The van der Waals surface area contributed by atoms with Crippen molar-refractivity contribution in [3.05, 3.63) is 41.7 Å². The average molecular weight is 313 g/mol. The molecule has 1 aromatic carbocycles. The van der Waals surface area contributed by atoms with Crippen molar-refractivity contribution >= 4 is 11.7 Å². The Bertz CT molecular complexity index is 787. The number of carbonyl (C=O) groups excluding carboxylic acids is 1. The van der Waals surface area contributed by atoms with Crippen LogP contribution in [0.3, 0.4) is 0 Å². The van der Waals surface area contributed by atoms with Crippen LogP contribution in [0.1, 0.15) is 16.1 Å². The molecule has 1 fully saturated rings. The number of nitrogens with zero attached hydrogens (tertiary/aromatic N) is 2. The van der Waals surface area contributed by atoms with E-state index in [1.54, 1.807) is 12.1 Å². The van der Waals surface area contributed by atoms with E-state index < -0.39 is 5.97 Å². The Morgan fingerprint density at radius 2 is 2.17 bits per heavy atom. The topological polar surface area (TPSA) is 99.5 Å². The van der Waals surface area contributed by atoms with Gasteiger partial charge >= 0.3 is 5.97 Å². The third-order valence-corrected chi connectivity index (χ3v) is 3.57. The van der Waals surface area contributed by atoms with E-state index in [0.29, 0.717) is 24.7 Å². The summed E-state index contributed by atoms with van der Waals surface area (Å²) in [5, 5.41) is 9.18. The molecule has 7 heteroatoms. The number of hydrogen-bond donors (Lipinski definition) is 1. The second-order valence-electron chi connectivity index (χ2n) is 5.02. The molecule has 0 spiro atoms. The van der Waals surface area contributed by atoms with Crippen molar-refractivity contribution in [3.63, 3.8) is 0 Å². The van der Waals surface area contributed by atoms with Crippen LogP contribution in [-0.2, 0) is 9.47 Å². The van der Waals surface area contributed by atoms with Crippen LogP contribution in [0, 0.1) is 11.3 Å². The van der Waals surface area contributed by atoms with Crippen LogP contribution in [0.5, 0.6) is 5.75 Å². The quantitative estimate of drug-likeness (QED) is 0.859. The summed E-state index contributed by atoms with van der Waals surface area (Å²) >= 11 is 0. The number of esters is 1. The van der Waals surface area contributed by atoms with Crippen molar-refractivity contribution < 1.29 is 19.0 Å². The number of anilines is 1. The van der Waals surface area contributed by atoms with Crippen LogP contribution in [0.2, 0.25) is 0 Å². The standard InChI is InChI=1S/C16H15N3O4/c1-21-16(20)15-14(18)10(6-17)7-19(15)12-4-2-3-5-13(12)23-11-8-22-9-11/h2-5,7,11H,8-9,18H2,1H3. The molecule has 1 aliphatic heterocycles. The Kier molecular flexibility index (Phi) is 3.91. The van der Waals surface area contributed by atoms with Gasteiger partial charge in [0.1, 0.15) is 17.9 Å². The molecule has 1 aromatic heterocycles. The molecule has 118 valence electrons. The van der Waals surface area contributed by atoms with Gasteiger partial charge in [0.2, 0.25) is 0 Å². The number of methoxy groups -OCH3 is 1. The Hall–Kier alpha value is -2.98. The van der Waals surface area contributed by atoms with Crippen LogP contribution in [0.4, 0.5) is 5.69 Å². The normalized spacial score (nSPS) is 13.9. The highest BCUT2D eigenvalue weighted by Crippen LogP contribution is 2.31. The van der Waals surface area contributed by atoms with Crippen molar-refractivity contribution in [1.29, 1.82) is 5.26 Å². The molecular formula is C16H15N3O4. The largest absolute Gasteiger partial charge is 0.483 e. The number of rotatable bonds is 4. The lowest BCUT2D eigenvalue weighted by Gasteiger charge is -2.27. The molecule has 23 heavy (non-hydrogen) atoms. The molecule has 1 aliphatic rings. The first-order valence-electron chi connectivity index (χ1n) is 6.98. The number of nitrogen functional groups attached to an aromatic ring is 1. The SMILES string of the molecule is COC(=O)c1c(N)c(C#N)cn1-c1ccccc1OC1COC1. The third-order valence-electron chi connectivity index (χ3n) is 3.57. The molecule has 3 rings (SSSR count). The van der Waals surface area contributed by atoms with Crippen LogP contribution in [0.25, 0.3) is 5.69 Å².